The van der Waals surface area contributed by atoms with E-state index in [1.807, 2.05) is 24.3 Å². The maximum absolute atomic E-state index is 12.2. The second-order valence-corrected chi connectivity index (χ2v) is 4.35. The molecule has 22 heavy (non-hydrogen) atoms. The van der Waals surface area contributed by atoms with Crippen LogP contribution in [0.15, 0.2) is 48.9 Å². The number of aromatic nitrogens is 3. The molecule has 6 nitrogen and oxygen atoms in total. The third-order valence-corrected chi connectivity index (χ3v) is 2.89. The van der Waals surface area contributed by atoms with E-state index in [4.69, 9.17) is 0 Å². The van der Waals surface area contributed by atoms with Crippen molar-refractivity contribution >= 4 is 22.7 Å². The van der Waals surface area contributed by atoms with Crippen LogP contribution in [0.2, 0.25) is 0 Å². The molecule has 0 aliphatic rings. The molecule has 0 unspecified atom stereocenters. The SMILES string of the molecule is COC(C)=O.O=C(c1ncccn1)c1c[nH]c2ccccc12. The number of benzene rings is 1. The summed E-state index contributed by atoms with van der Waals surface area (Å²) in [5.41, 5.74) is 1.54. The van der Waals surface area contributed by atoms with Crippen LogP contribution in [-0.4, -0.2) is 33.8 Å². The molecule has 1 N–H and O–H groups in total. The fraction of sp³-hybridized carbons (Fsp3) is 0.125. The van der Waals surface area contributed by atoms with Crippen molar-refractivity contribution in [3.63, 3.8) is 0 Å². The number of hydrogen-bond donors (Lipinski definition) is 1. The van der Waals surface area contributed by atoms with Crippen LogP contribution in [0.4, 0.5) is 0 Å². The van der Waals surface area contributed by atoms with Gasteiger partial charge < -0.3 is 9.72 Å². The number of ether oxygens (including phenoxy) is 1. The van der Waals surface area contributed by atoms with Gasteiger partial charge in [-0.25, -0.2) is 9.97 Å². The number of aromatic amines is 1. The number of nitrogens with zero attached hydrogens (tertiary/aromatic N) is 2. The molecule has 2 heterocycles. The van der Waals surface area contributed by atoms with Crippen LogP contribution in [0.5, 0.6) is 0 Å². The quantitative estimate of drug-likeness (QED) is 0.580. The zero-order chi connectivity index (χ0) is 15.9. The molecule has 0 spiro atoms. The number of nitrogens with one attached hydrogen (secondary N) is 1. The van der Waals surface area contributed by atoms with Crippen LogP contribution < -0.4 is 0 Å². The summed E-state index contributed by atoms with van der Waals surface area (Å²) >= 11 is 0. The first-order chi connectivity index (χ1) is 10.6. The van der Waals surface area contributed by atoms with Gasteiger partial charge in [-0.15, -0.1) is 0 Å². The fourth-order valence-corrected chi connectivity index (χ4v) is 1.80. The summed E-state index contributed by atoms with van der Waals surface area (Å²) < 4.78 is 4.11. The van der Waals surface area contributed by atoms with E-state index >= 15 is 0 Å². The first-order valence-corrected chi connectivity index (χ1v) is 6.56. The third kappa shape index (κ3) is 3.54. The number of esters is 1. The normalized spacial score (nSPS) is 9.73. The van der Waals surface area contributed by atoms with Crippen LogP contribution in [0, 0.1) is 0 Å². The average Bonchev–Trinajstić information content (AvgIpc) is 2.99. The van der Waals surface area contributed by atoms with E-state index in [0.29, 0.717) is 5.56 Å². The Labute approximate surface area is 127 Å². The number of methoxy groups -OCH3 is 1. The Morgan fingerprint density at radius 1 is 1.09 bits per heavy atom. The molecule has 0 aliphatic heterocycles. The van der Waals surface area contributed by atoms with Crippen molar-refractivity contribution in [1.82, 2.24) is 15.0 Å². The summed E-state index contributed by atoms with van der Waals surface area (Å²) in [5.74, 6) is -0.190. The molecule has 0 amide bonds. The monoisotopic (exact) mass is 297 g/mol. The second-order valence-electron chi connectivity index (χ2n) is 4.35. The Kier molecular flexibility index (Phi) is 4.98. The number of para-hydroxylation sites is 1. The lowest BCUT2D eigenvalue weighted by Gasteiger charge is -1.96. The minimum Gasteiger partial charge on any atom is -0.469 e. The summed E-state index contributed by atoms with van der Waals surface area (Å²) in [6.45, 7) is 1.36. The minimum atomic E-state index is -0.245. The Hall–Kier alpha value is -3.02. The Morgan fingerprint density at radius 3 is 2.36 bits per heavy atom. The first-order valence-electron chi connectivity index (χ1n) is 6.56. The van der Waals surface area contributed by atoms with Gasteiger partial charge in [0.25, 0.3) is 0 Å². The lowest BCUT2D eigenvalue weighted by molar-refractivity contribution is -0.137. The molecule has 0 saturated heterocycles. The molecule has 0 saturated carbocycles. The van der Waals surface area contributed by atoms with Crippen molar-refractivity contribution in [2.24, 2.45) is 0 Å². The van der Waals surface area contributed by atoms with E-state index < -0.39 is 0 Å². The first kappa shape index (κ1) is 15.4. The van der Waals surface area contributed by atoms with Crippen molar-refractivity contribution < 1.29 is 14.3 Å². The zero-order valence-electron chi connectivity index (χ0n) is 12.2. The van der Waals surface area contributed by atoms with Gasteiger partial charge in [-0.3, -0.25) is 9.59 Å². The molecule has 0 atom stereocenters. The second kappa shape index (κ2) is 7.12. The minimum absolute atomic E-state index is 0.164. The third-order valence-electron chi connectivity index (χ3n) is 2.89. The number of rotatable bonds is 2. The highest BCUT2D eigenvalue weighted by Gasteiger charge is 2.15. The summed E-state index contributed by atoms with van der Waals surface area (Å²) in [5, 5.41) is 0.893. The standard InChI is InChI=1S/C13H9N3O.C3H6O2/c17-12(13-14-6-3-7-15-13)10-8-16-11-5-2-1-4-9(10)11;1-3(4)5-2/h1-8,16H;1-2H3. The summed E-state index contributed by atoms with van der Waals surface area (Å²) in [6.07, 6.45) is 4.83. The largest absolute Gasteiger partial charge is 0.469 e. The highest BCUT2D eigenvalue weighted by molar-refractivity contribution is 6.14. The number of carbonyl (C=O) groups is 2. The molecular weight excluding hydrogens is 282 g/mol. The van der Waals surface area contributed by atoms with Crippen molar-refractivity contribution in [2.75, 3.05) is 7.11 Å². The number of fused-ring (bicyclic) bond motifs is 1. The van der Waals surface area contributed by atoms with Gasteiger partial charge in [-0.2, -0.15) is 0 Å². The van der Waals surface area contributed by atoms with Crippen LogP contribution >= 0.6 is 0 Å². The molecule has 112 valence electrons. The predicted octanol–water partition coefficient (Wildman–Crippen LogP) is 2.37. The molecule has 0 bridgehead atoms. The molecule has 3 aromatic rings. The number of H-pyrrole nitrogens is 1. The Bertz CT molecular complexity index is 781. The molecule has 3 rings (SSSR count). The van der Waals surface area contributed by atoms with Gasteiger partial charge in [-0.05, 0) is 12.1 Å². The molecule has 0 fully saturated rings. The molecule has 0 aliphatic carbocycles. The number of hydrogen-bond acceptors (Lipinski definition) is 5. The van der Waals surface area contributed by atoms with Crippen molar-refractivity contribution in [2.45, 2.75) is 6.92 Å². The van der Waals surface area contributed by atoms with E-state index in [0.717, 1.165) is 10.9 Å². The summed E-state index contributed by atoms with van der Waals surface area (Å²) in [7, 11) is 1.35. The zero-order valence-corrected chi connectivity index (χ0v) is 12.2. The lowest BCUT2D eigenvalue weighted by Crippen LogP contribution is -2.05. The molecule has 2 aromatic heterocycles. The lowest BCUT2D eigenvalue weighted by atomic mass is 10.1. The average molecular weight is 297 g/mol. The van der Waals surface area contributed by atoms with E-state index in [9.17, 15) is 9.59 Å². The van der Waals surface area contributed by atoms with Crippen molar-refractivity contribution in [3.05, 3.63) is 60.3 Å². The summed E-state index contributed by atoms with van der Waals surface area (Å²) in [6, 6.07) is 9.34. The topological polar surface area (TPSA) is 84.9 Å². The Morgan fingerprint density at radius 2 is 1.73 bits per heavy atom. The van der Waals surface area contributed by atoms with Gasteiger partial charge in [-0.1, -0.05) is 18.2 Å². The van der Waals surface area contributed by atoms with Crippen LogP contribution in [-0.2, 0) is 9.53 Å². The van der Waals surface area contributed by atoms with E-state index in [-0.39, 0.29) is 17.6 Å². The van der Waals surface area contributed by atoms with Gasteiger partial charge in [0.1, 0.15) is 0 Å². The smallest absolute Gasteiger partial charge is 0.302 e. The van der Waals surface area contributed by atoms with Crippen molar-refractivity contribution in [3.8, 4) is 0 Å². The maximum Gasteiger partial charge on any atom is 0.302 e. The van der Waals surface area contributed by atoms with Crippen LogP contribution in [0.25, 0.3) is 10.9 Å². The fourth-order valence-electron chi connectivity index (χ4n) is 1.80. The van der Waals surface area contributed by atoms with Gasteiger partial charge in [0.05, 0.1) is 12.7 Å². The van der Waals surface area contributed by atoms with E-state index in [1.165, 1.54) is 14.0 Å². The molecule has 6 heteroatoms. The van der Waals surface area contributed by atoms with Gasteiger partial charge in [0.15, 0.2) is 0 Å². The van der Waals surface area contributed by atoms with Crippen LogP contribution in [0.1, 0.15) is 23.1 Å². The summed E-state index contributed by atoms with van der Waals surface area (Å²) in [4.78, 5) is 32.8. The maximum atomic E-state index is 12.2. The highest BCUT2D eigenvalue weighted by Crippen LogP contribution is 2.19. The van der Waals surface area contributed by atoms with E-state index in [1.54, 1.807) is 24.7 Å². The van der Waals surface area contributed by atoms with Gasteiger partial charge >= 0.3 is 5.97 Å². The highest BCUT2D eigenvalue weighted by atomic mass is 16.5. The molecular formula is C16H15N3O3. The predicted molar refractivity (Wildman–Crippen MR) is 81.5 cm³/mol. The molecule has 0 radical (unpaired) electrons. The van der Waals surface area contributed by atoms with Gasteiger partial charge in [0.2, 0.25) is 11.6 Å². The van der Waals surface area contributed by atoms with Crippen molar-refractivity contribution in [1.29, 1.82) is 0 Å². The number of carbonyl (C=O) groups excluding carboxylic acids is 2. The number of ketones is 1. The van der Waals surface area contributed by atoms with Crippen LogP contribution in [0.3, 0.4) is 0 Å². The van der Waals surface area contributed by atoms with E-state index in [2.05, 4.69) is 19.7 Å². The Balaban J connectivity index is 0.000000309. The van der Waals surface area contributed by atoms with Gasteiger partial charge in [0, 0.05) is 36.4 Å². The molecule has 1 aromatic carbocycles.